The van der Waals surface area contributed by atoms with Crippen molar-refractivity contribution in [1.29, 1.82) is 0 Å². The first-order valence-electron chi connectivity index (χ1n) is 4.00. The number of hydrogen-bond acceptors (Lipinski definition) is 4. The van der Waals surface area contributed by atoms with Gasteiger partial charge < -0.3 is 9.84 Å². The molecule has 0 aromatic rings. The zero-order valence-electron chi connectivity index (χ0n) is 6.92. The SMILES string of the molecule is CC(O)NCN1CCOCC1. The highest BCUT2D eigenvalue weighted by atomic mass is 16.5. The molecule has 1 heterocycles. The Morgan fingerprint density at radius 1 is 1.55 bits per heavy atom. The number of morpholine rings is 1. The molecule has 4 heteroatoms. The first-order valence-corrected chi connectivity index (χ1v) is 4.00. The van der Waals surface area contributed by atoms with E-state index in [2.05, 4.69) is 10.2 Å². The molecule has 1 aliphatic rings. The molecule has 1 fully saturated rings. The number of aliphatic hydroxyl groups is 1. The lowest BCUT2D eigenvalue weighted by atomic mass is 10.4. The van der Waals surface area contributed by atoms with Crippen LogP contribution in [0.5, 0.6) is 0 Å². The van der Waals surface area contributed by atoms with Crippen LogP contribution < -0.4 is 5.32 Å². The standard InChI is InChI=1S/C7H16N2O2/c1-7(10)8-6-9-2-4-11-5-3-9/h7-8,10H,2-6H2,1H3. The number of rotatable bonds is 3. The molecule has 1 rings (SSSR count). The van der Waals surface area contributed by atoms with E-state index < -0.39 is 6.23 Å². The lowest BCUT2D eigenvalue weighted by molar-refractivity contribution is 0.0236. The van der Waals surface area contributed by atoms with E-state index in [0.717, 1.165) is 33.0 Å². The second kappa shape index (κ2) is 4.66. The van der Waals surface area contributed by atoms with Crippen molar-refractivity contribution in [3.8, 4) is 0 Å². The summed E-state index contributed by atoms with van der Waals surface area (Å²) in [6, 6.07) is 0. The monoisotopic (exact) mass is 160 g/mol. The van der Waals surface area contributed by atoms with Crippen LogP contribution in [-0.2, 0) is 4.74 Å². The van der Waals surface area contributed by atoms with Crippen LogP contribution in [0.25, 0.3) is 0 Å². The minimum absolute atomic E-state index is 0.419. The molecule has 1 saturated heterocycles. The van der Waals surface area contributed by atoms with Crippen molar-refractivity contribution >= 4 is 0 Å². The number of nitrogens with zero attached hydrogens (tertiary/aromatic N) is 1. The molecule has 0 spiro atoms. The average molecular weight is 160 g/mol. The Balaban J connectivity index is 2.05. The Morgan fingerprint density at radius 2 is 2.18 bits per heavy atom. The number of hydrogen-bond donors (Lipinski definition) is 2. The van der Waals surface area contributed by atoms with Crippen LogP contribution in [0.4, 0.5) is 0 Å². The zero-order valence-corrected chi connectivity index (χ0v) is 6.92. The maximum atomic E-state index is 8.91. The molecule has 0 aromatic heterocycles. The number of ether oxygens (including phenoxy) is 1. The Labute approximate surface area is 67.1 Å². The third-order valence-electron chi connectivity index (χ3n) is 1.71. The van der Waals surface area contributed by atoms with Gasteiger partial charge in [-0.1, -0.05) is 0 Å². The van der Waals surface area contributed by atoms with E-state index in [1.165, 1.54) is 0 Å². The second-order valence-electron chi connectivity index (χ2n) is 2.77. The van der Waals surface area contributed by atoms with Crippen LogP contribution in [0, 0.1) is 0 Å². The van der Waals surface area contributed by atoms with Crippen molar-refractivity contribution in [3.05, 3.63) is 0 Å². The van der Waals surface area contributed by atoms with E-state index in [0.29, 0.717) is 0 Å². The van der Waals surface area contributed by atoms with Gasteiger partial charge in [0.05, 0.1) is 19.9 Å². The van der Waals surface area contributed by atoms with Crippen LogP contribution in [-0.4, -0.2) is 49.2 Å². The van der Waals surface area contributed by atoms with Crippen LogP contribution >= 0.6 is 0 Å². The predicted octanol–water partition coefficient (Wildman–Crippen LogP) is -0.796. The molecule has 2 N–H and O–H groups in total. The molecular formula is C7H16N2O2. The fraction of sp³-hybridized carbons (Fsp3) is 1.00. The van der Waals surface area contributed by atoms with Crippen LogP contribution in [0.1, 0.15) is 6.92 Å². The van der Waals surface area contributed by atoms with E-state index in [-0.39, 0.29) is 0 Å². The Bertz CT molecular complexity index is 103. The molecular weight excluding hydrogens is 144 g/mol. The van der Waals surface area contributed by atoms with Gasteiger partial charge >= 0.3 is 0 Å². The molecule has 1 atom stereocenters. The Morgan fingerprint density at radius 3 is 2.73 bits per heavy atom. The molecule has 4 nitrogen and oxygen atoms in total. The van der Waals surface area contributed by atoms with Crippen molar-refractivity contribution < 1.29 is 9.84 Å². The maximum absolute atomic E-state index is 8.91. The van der Waals surface area contributed by atoms with Crippen LogP contribution in [0.3, 0.4) is 0 Å². The second-order valence-corrected chi connectivity index (χ2v) is 2.77. The normalized spacial score (nSPS) is 23.5. The first-order chi connectivity index (χ1) is 5.29. The average Bonchev–Trinajstić information content (AvgIpc) is 2.03. The minimum atomic E-state index is -0.419. The third kappa shape index (κ3) is 3.67. The van der Waals surface area contributed by atoms with Gasteiger partial charge in [-0.2, -0.15) is 0 Å². The molecule has 66 valence electrons. The van der Waals surface area contributed by atoms with Crippen molar-refractivity contribution in [2.45, 2.75) is 13.2 Å². The lowest BCUT2D eigenvalue weighted by Gasteiger charge is -2.27. The van der Waals surface area contributed by atoms with Gasteiger partial charge in [-0.15, -0.1) is 0 Å². The van der Waals surface area contributed by atoms with Gasteiger partial charge in [0.1, 0.15) is 6.23 Å². The topological polar surface area (TPSA) is 44.7 Å². The van der Waals surface area contributed by atoms with Gasteiger partial charge in [-0.05, 0) is 6.92 Å². The molecule has 0 saturated carbocycles. The summed E-state index contributed by atoms with van der Waals surface area (Å²) in [5.41, 5.74) is 0. The summed E-state index contributed by atoms with van der Waals surface area (Å²) in [5, 5.41) is 11.9. The smallest absolute Gasteiger partial charge is 0.103 e. The third-order valence-corrected chi connectivity index (χ3v) is 1.71. The predicted molar refractivity (Wildman–Crippen MR) is 42.1 cm³/mol. The van der Waals surface area contributed by atoms with E-state index in [1.807, 2.05) is 0 Å². The largest absolute Gasteiger partial charge is 0.379 e. The summed E-state index contributed by atoms with van der Waals surface area (Å²) in [7, 11) is 0. The van der Waals surface area contributed by atoms with Gasteiger partial charge in [0, 0.05) is 13.1 Å². The Kier molecular flexibility index (Phi) is 3.79. The molecule has 0 bridgehead atoms. The van der Waals surface area contributed by atoms with Crippen molar-refractivity contribution in [2.75, 3.05) is 33.0 Å². The molecule has 0 aliphatic carbocycles. The minimum Gasteiger partial charge on any atom is -0.379 e. The summed E-state index contributed by atoms with van der Waals surface area (Å²) in [4.78, 5) is 2.22. The highest BCUT2D eigenvalue weighted by molar-refractivity contribution is 4.60. The highest BCUT2D eigenvalue weighted by Gasteiger charge is 2.09. The van der Waals surface area contributed by atoms with E-state index >= 15 is 0 Å². The van der Waals surface area contributed by atoms with Gasteiger partial charge in [0.2, 0.25) is 0 Å². The van der Waals surface area contributed by atoms with Crippen LogP contribution in [0.2, 0.25) is 0 Å². The molecule has 1 aliphatic heterocycles. The van der Waals surface area contributed by atoms with Crippen molar-refractivity contribution in [2.24, 2.45) is 0 Å². The maximum Gasteiger partial charge on any atom is 0.103 e. The van der Waals surface area contributed by atoms with E-state index in [9.17, 15) is 0 Å². The molecule has 0 aromatic carbocycles. The zero-order chi connectivity index (χ0) is 8.10. The van der Waals surface area contributed by atoms with Gasteiger partial charge in [-0.3, -0.25) is 10.2 Å². The number of nitrogens with one attached hydrogen (secondary N) is 1. The van der Waals surface area contributed by atoms with Crippen molar-refractivity contribution in [3.63, 3.8) is 0 Å². The molecule has 1 unspecified atom stereocenters. The van der Waals surface area contributed by atoms with Crippen LogP contribution in [0.15, 0.2) is 0 Å². The fourth-order valence-electron chi connectivity index (χ4n) is 1.02. The summed E-state index contributed by atoms with van der Waals surface area (Å²) < 4.78 is 5.17. The molecule has 0 radical (unpaired) electrons. The highest BCUT2D eigenvalue weighted by Crippen LogP contribution is 1.93. The van der Waals surface area contributed by atoms with Gasteiger partial charge in [0.15, 0.2) is 0 Å². The summed E-state index contributed by atoms with van der Waals surface area (Å²) in [6.07, 6.45) is -0.419. The number of aliphatic hydroxyl groups excluding tert-OH is 1. The first kappa shape index (κ1) is 8.93. The van der Waals surface area contributed by atoms with E-state index in [1.54, 1.807) is 6.92 Å². The van der Waals surface area contributed by atoms with E-state index in [4.69, 9.17) is 9.84 Å². The quantitative estimate of drug-likeness (QED) is 0.531. The lowest BCUT2D eigenvalue weighted by Crippen LogP contribution is -2.44. The summed E-state index contributed by atoms with van der Waals surface area (Å²) in [6.45, 7) is 6.00. The summed E-state index contributed by atoms with van der Waals surface area (Å²) >= 11 is 0. The van der Waals surface area contributed by atoms with Gasteiger partial charge in [0.25, 0.3) is 0 Å². The molecule has 0 amide bonds. The summed E-state index contributed by atoms with van der Waals surface area (Å²) in [5.74, 6) is 0. The van der Waals surface area contributed by atoms with Crippen molar-refractivity contribution in [1.82, 2.24) is 10.2 Å². The Hall–Kier alpha value is -0.160. The molecule has 11 heavy (non-hydrogen) atoms. The fourth-order valence-corrected chi connectivity index (χ4v) is 1.02. The van der Waals surface area contributed by atoms with Gasteiger partial charge in [-0.25, -0.2) is 0 Å².